The van der Waals surface area contributed by atoms with Gasteiger partial charge in [-0.2, -0.15) is 4.98 Å². The van der Waals surface area contributed by atoms with Crippen molar-refractivity contribution in [1.29, 1.82) is 0 Å². The number of nitrogens with zero attached hydrogens (tertiary/aromatic N) is 2. The Hall–Kier alpha value is -2.54. The summed E-state index contributed by atoms with van der Waals surface area (Å²) in [7, 11) is 0. The summed E-state index contributed by atoms with van der Waals surface area (Å²) in [5.74, 6) is 0.169. The first-order chi connectivity index (χ1) is 11.5. The van der Waals surface area contributed by atoms with Crippen LogP contribution in [0.3, 0.4) is 0 Å². The molecule has 0 aliphatic carbocycles. The average molecular weight is 391 g/mol. The third-order valence-corrected chi connectivity index (χ3v) is 3.72. The number of carbonyl (C=O) groups excluding carboxylic acids is 1. The van der Waals surface area contributed by atoms with Crippen LogP contribution in [-0.2, 0) is 6.61 Å². The SMILES string of the molecule is CC(=O)c1cc(F)ccc1OCc1nc(-c2cccc(Br)c2)no1. The lowest BCUT2D eigenvalue weighted by Gasteiger charge is -2.07. The third-order valence-electron chi connectivity index (χ3n) is 3.22. The van der Waals surface area contributed by atoms with Crippen molar-refractivity contribution < 1.29 is 18.4 Å². The van der Waals surface area contributed by atoms with E-state index in [0.29, 0.717) is 5.82 Å². The van der Waals surface area contributed by atoms with Crippen LogP contribution in [0.1, 0.15) is 23.2 Å². The molecule has 0 saturated carbocycles. The Morgan fingerprint density at radius 3 is 2.88 bits per heavy atom. The van der Waals surface area contributed by atoms with Crippen LogP contribution in [0.4, 0.5) is 4.39 Å². The predicted molar refractivity (Wildman–Crippen MR) is 88.2 cm³/mol. The van der Waals surface area contributed by atoms with Gasteiger partial charge in [-0.05, 0) is 37.3 Å². The first-order valence-corrected chi connectivity index (χ1v) is 7.84. The summed E-state index contributed by atoms with van der Waals surface area (Å²) in [5, 5.41) is 3.90. The Bertz CT molecular complexity index is 895. The Labute approximate surface area is 145 Å². The molecule has 0 bridgehead atoms. The second-order valence-corrected chi connectivity index (χ2v) is 5.92. The largest absolute Gasteiger partial charge is 0.483 e. The van der Waals surface area contributed by atoms with Crippen molar-refractivity contribution in [2.24, 2.45) is 0 Å². The van der Waals surface area contributed by atoms with E-state index in [2.05, 4.69) is 26.1 Å². The fourth-order valence-electron chi connectivity index (χ4n) is 2.10. The number of Topliss-reactive ketones (excluding diaryl/α,β-unsaturated/α-hetero) is 1. The smallest absolute Gasteiger partial charge is 0.264 e. The molecule has 24 heavy (non-hydrogen) atoms. The van der Waals surface area contributed by atoms with E-state index < -0.39 is 5.82 Å². The molecular formula is C17H12BrFN2O3. The highest BCUT2D eigenvalue weighted by atomic mass is 79.9. The standard InChI is InChI=1S/C17H12BrFN2O3/c1-10(22)14-8-13(19)5-6-15(14)23-9-16-20-17(21-24-16)11-3-2-4-12(18)7-11/h2-8H,9H2,1H3. The molecule has 0 aliphatic heterocycles. The van der Waals surface area contributed by atoms with Crippen LogP contribution in [0.5, 0.6) is 5.75 Å². The fourth-order valence-corrected chi connectivity index (χ4v) is 2.50. The highest BCUT2D eigenvalue weighted by molar-refractivity contribution is 9.10. The molecule has 1 heterocycles. The first kappa shape index (κ1) is 16.3. The summed E-state index contributed by atoms with van der Waals surface area (Å²) >= 11 is 3.38. The van der Waals surface area contributed by atoms with Crippen LogP contribution >= 0.6 is 15.9 Å². The molecule has 0 fully saturated rings. The number of aromatic nitrogens is 2. The van der Waals surface area contributed by atoms with Crippen LogP contribution in [0, 0.1) is 5.82 Å². The molecule has 1 aromatic heterocycles. The van der Waals surface area contributed by atoms with Gasteiger partial charge in [-0.3, -0.25) is 4.79 Å². The lowest BCUT2D eigenvalue weighted by molar-refractivity contribution is 0.101. The van der Waals surface area contributed by atoms with Crippen LogP contribution < -0.4 is 4.74 Å². The molecule has 3 rings (SSSR count). The summed E-state index contributed by atoms with van der Waals surface area (Å²) < 4.78 is 24.8. The number of ether oxygens (including phenoxy) is 1. The van der Waals surface area contributed by atoms with Crippen molar-refractivity contribution in [2.45, 2.75) is 13.5 Å². The van der Waals surface area contributed by atoms with Gasteiger partial charge >= 0.3 is 0 Å². The van der Waals surface area contributed by atoms with Gasteiger partial charge < -0.3 is 9.26 Å². The minimum atomic E-state index is -0.498. The Morgan fingerprint density at radius 1 is 1.29 bits per heavy atom. The average Bonchev–Trinajstić information content (AvgIpc) is 3.02. The van der Waals surface area contributed by atoms with E-state index in [1.807, 2.05) is 24.3 Å². The van der Waals surface area contributed by atoms with E-state index in [1.54, 1.807) is 0 Å². The zero-order valence-corrected chi connectivity index (χ0v) is 14.2. The summed E-state index contributed by atoms with van der Waals surface area (Å²) in [6.45, 7) is 1.33. The van der Waals surface area contributed by atoms with Gasteiger partial charge in [-0.15, -0.1) is 0 Å². The van der Waals surface area contributed by atoms with Crippen LogP contribution in [0.25, 0.3) is 11.4 Å². The summed E-state index contributed by atoms with van der Waals surface area (Å²) in [4.78, 5) is 15.8. The normalized spacial score (nSPS) is 10.6. The van der Waals surface area contributed by atoms with Gasteiger partial charge in [0.1, 0.15) is 11.6 Å². The molecule has 5 nitrogen and oxygen atoms in total. The number of ketones is 1. The molecular weight excluding hydrogens is 379 g/mol. The molecule has 0 N–H and O–H groups in total. The van der Waals surface area contributed by atoms with E-state index in [1.165, 1.54) is 19.1 Å². The van der Waals surface area contributed by atoms with Gasteiger partial charge in [0, 0.05) is 10.0 Å². The van der Waals surface area contributed by atoms with Crippen molar-refractivity contribution in [2.75, 3.05) is 0 Å². The first-order valence-electron chi connectivity index (χ1n) is 7.05. The van der Waals surface area contributed by atoms with Crippen molar-refractivity contribution in [3.8, 4) is 17.1 Å². The summed E-state index contributed by atoms with van der Waals surface area (Å²) in [6.07, 6.45) is 0. The van der Waals surface area contributed by atoms with Crippen molar-refractivity contribution in [1.82, 2.24) is 10.1 Å². The van der Waals surface area contributed by atoms with E-state index in [9.17, 15) is 9.18 Å². The van der Waals surface area contributed by atoms with E-state index >= 15 is 0 Å². The lowest BCUT2D eigenvalue weighted by atomic mass is 10.1. The Kier molecular flexibility index (Phi) is 4.71. The maximum atomic E-state index is 13.2. The monoisotopic (exact) mass is 390 g/mol. The van der Waals surface area contributed by atoms with Crippen LogP contribution in [0.15, 0.2) is 51.5 Å². The van der Waals surface area contributed by atoms with Gasteiger partial charge in [-0.25, -0.2) is 4.39 Å². The fraction of sp³-hybridized carbons (Fsp3) is 0.118. The topological polar surface area (TPSA) is 65.2 Å². The van der Waals surface area contributed by atoms with Gasteiger partial charge in [-0.1, -0.05) is 33.2 Å². The van der Waals surface area contributed by atoms with Crippen molar-refractivity contribution >= 4 is 21.7 Å². The number of rotatable bonds is 5. The number of halogens is 2. The second kappa shape index (κ2) is 6.92. The highest BCUT2D eigenvalue weighted by Gasteiger charge is 2.13. The minimum Gasteiger partial charge on any atom is -0.483 e. The molecule has 0 radical (unpaired) electrons. The van der Waals surface area contributed by atoms with Crippen molar-refractivity contribution in [3.05, 3.63) is 64.2 Å². The van der Waals surface area contributed by atoms with Gasteiger partial charge in [0.15, 0.2) is 12.4 Å². The molecule has 0 aliphatic rings. The Morgan fingerprint density at radius 2 is 2.12 bits per heavy atom. The molecule has 0 spiro atoms. The molecule has 0 amide bonds. The molecule has 7 heteroatoms. The molecule has 0 unspecified atom stereocenters. The quantitative estimate of drug-likeness (QED) is 0.603. The highest BCUT2D eigenvalue weighted by Crippen LogP contribution is 2.23. The number of hydrogen-bond acceptors (Lipinski definition) is 5. The van der Waals surface area contributed by atoms with E-state index in [0.717, 1.165) is 16.1 Å². The predicted octanol–water partition coefficient (Wildman–Crippen LogP) is 4.42. The second-order valence-electron chi connectivity index (χ2n) is 5.01. The number of carbonyl (C=O) groups is 1. The summed E-state index contributed by atoms with van der Waals surface area (Å²) in [6, 6.07) is 11.2. The molecule has 122 valence electrons. The van der Waals surface area contributed by atoms with Gasteiger partial charge in [0.25, 0.3) is 5.89 Å². The summed E-state index contributed by atoms with van der Waals surface area (Å²) in [5.41, 5.74) is 0.965. The van der Waals surface area contributed by atoms with E-state index in [4.69, 9.17) is 9.26 Å². The van der Waals surface area contributed by atoms with Gasteiger partial charge in [0.05, 0.1) is 5.56 Å². The zero-order chi connectivity index (χ0) is 17.1. The molecule has 0 saturated heterocycles. The maximum absolute atomic E-state index is 13.2. The Balaban J connectivity index is 1.76. The van der Waals surface area contributed by atoms with Crippen LogP contribution in [0.2, 0.25) is 0 Å². The zero-order valence-electron chi connectivity index (χ0n) is 12.6. The molecule has 0 atom stereocenters. The van der Waals surface area contributed by atoms with E-state index in [-0.39, 0.29) is 29.6 Å². The van der Waals surface area contributed by atoms with Crippen molar-refractivity contribution in [3.63, 3.8) is 0 Å². The third kappa shape index (κ3) is 3.68. The van der Waals surface area contributed by atoms with Crippen LogP contribution in [-0.4, -0.2) is 15.9 Å². The number of hydrogen-bond donors (Lipinski definition) is 0. The lowest BCUT2D eigenvalue weighted by Crippen LogP contribution is -2.02. The molecule has 3 aromatic rings. The van der Waals surface area contributed by atoms with Gasteiger partial charge in [0.2, 0.25) is 5.82 Å². The minimum absolute atomic E-state index is 0.0209. The molecule has 2 aromatic carbocycles. The number of benzene rings is 2. The maximum Gasteiger partial charge on any atom is 0.264 e.